The first-order valence-corrected chi connectivity index (χ1v) is 5.10. The van der Waals surface area contributed by atoms with Gasteiger partial charge in [0.2, 0.25) is 0 Å². The molecule has 3 N–H and O–H groups in total. The van der Waals surface area contributed by atoms with E-state index in [1.165, 1.54) is 24.3 Å². The molecule has 1 atom stereocenters. The molecular formula is C11H16FNO3. The topological polar surface area (TPSA) is 61.7 Å². The molecule has 0 bridgehead atoms. The summed E-state index contributed by atoms with van der Waals surface area (Å²) in [4.78, 5) is 0. The summed E-state index contributed by atoms with van der Waals surface area (Å²) in [5.74, 6) is 0.195. The number of hydrogen-bond acceptors (Lipinski definition) is 4. The largest absolute Gasteiger partial charge is 0.491 e. The van der Waals surface area contributed by atoms with Gasteiger partial charge in [-0.05, 0) is 24.3 Å². The lowest BCUT2D eigenvalue weighted by Gasteiger charge is -2.12. The summed E-state index contributed by atoms with van der Waals surface area (Å²) in [6.07, 6.45) is -0.656. The van der Waals surface area contributed by atoms with Crippen LogP contribution in [0.1, 0.15) is 0 Å². The fourth-order valence-electron chi connectivity index (χ4n) is 1.13. The van der Waals surface area contributed by atoms with Crippen LogP contribution in [0.2, 0.25) is 0 Å². The van der Waals surface area contributed by atoms with Gasteiger partial charge >= 0.3 is 0 Å². The number of nitrogens with one attached hydrogen (secondary N) is 1. The van der Waals surface area contributed by atoms with E-state index in [2.05, 4.69) is 5.32 Å². The summed E-state index contributed by atoms with van der Waals surface area (Å²) in [5, 5.41) is 20.8. The van der Waals surface area contributed by atoms with Crippen LogP contribution in [0.5, 0.6) is 5.75 Å². The number of halogens is 1. The highest BCUT2D eigenvalue weighted by atomic mass is 19.1. The van der Waals surface area contributed by atoms with Gasteiger partial charge in [-0.15, -0.1) is 0 Å². The molecule has 0 saturated heterocycles. The van der Waals surface area contributed by atoms with Crippen LogP contribution in [-0.4, -0.2) is 42.6 Å². The van der Waals surface area contributed by atoms with E-state index in [0.29, 0.717) is 18.8 Å². The zero-order valence-electron chi connectivity index (χ0n) is 8.90. The van der Waals surface area contributed by atoms with E-state index in [0.717, 1.165) is 0 Å². The Kier molecular flexibility index (Phi) is 5.77. The van der Waals surface area contributed by atoms with E-state index in [-0.39, 0.29) is 19.0 Å². The summed E-state index contributed by atoms with van der Waals surface area (Å²) >= 11 is 0. The third kappa shape index (κ3) is 5.06. The molecule has 90 valence electrons. The molecule has 0 aliphatic carbocycles. The van der Waals surface area contributed by atoms with Gasteiger partial charge in [-0.25, -0.2) is 4.39 Å². The van der Waals surface area contributed by atoms with Crippen LogP contribution in [-0.2, 0) is 0 Å². The Hall–Kier alpha value is -1.17. The minimum Gasteiger partial charge on any atom is -0.491 e. The molecule has 0 aromatic heterocycles. The summed E-state index contributed by atoms with van der Waals surface area (Å²) in [6.45, 7) is 0.949. The van der Waals surface area contributed by atoms with Crippen LogP contribution in [0.25, 0.3) is 0 Å². The Balaban J connectivity index is 2.20. The van der Waals surface area contributed by atoms with Crippen molar-refractivity contribution in [3.8, 4) is 5.75 Å². The highest BCUT2D eigenvalue weighted by molar-refractivity contribution is 5.22. The summed E-state index contributed by atoms with van der Waals surface area (Å²) in [5.41, 5.74) is 0. The van der Waals surface area contributed by atoms with E-state index < -0.39 is 6.10 Å². The second kappa shape index (κ2) is 7.16. The highest BCUT2D eigenvalue weighted by Crippen LogP contribution is 2.10. The first-order chi connectivity index (χ1) is 7.72. The van der Waals surface area contributed by atoms with Gasteiger partial charge in [-0.2, -0.15) is 0 Å². The van der Waals surface area contributed by atoms with Gasteiger partial charge in [0.15, 0.2) is 0 Å². The number of rotatable bonds is 7. The monoisotopic (exact) mass is 229 g/mol. The fourth-order valence-corrected chi connectivity index (χ4v) is 1.13. The third-order valence-corrected chi connectivity index (χ3v) is 1.92. The van der Waals surface area contributed by atoms with Crippen LogP contribution in [0.3, 0.4) is 0 Å². The summed E-state index contributed by atoms with van der Waals surface area (Å²) in [7, 11) is 0. The van der Waals surface area contributed by atoms with Crippen LogP contribution >= 0.6 is 0 Å². The molecule has 0 fully saturated rings. The molecule has 0 spiro atoms. The van der Waals surface area contributed by atoms with Crippen LogP contribution in [0.15, 0.2) is 24.3 Å². The Morgan fingerprint density at radius 3 is 2.62 bits per heavy atom. The predicted octanol–water partition coefficient (Wildman–Crippen LogP) is 0.147. The van der Waals surface area contributed by atoms with E-state index in [1.54, 1.807) is 0 Å². The van der Waals surface area contributed by atoms with Crippen molar-refractivity contribution in [2.75, 3.05) is 26.3 Å². The Labute approximate surface area is 93.7 Å². The maximum absolute atomic E-state index is 12.6. The van der Waals surface area contributed by atoms with E-state index in [4.69, 9.17) is 9.84 Å². The van der Waals surface area contributed by atoms with Crippen molar-refractivity contribution in [3.63, 3.8) is 0 Å². The van der Waals surface area contributed by atoms with Crippen molar-refractivity contribution < 1.29 is 19.3 Å². The SMILES string of the molecule is OCCNCC(O)COc1ccc(F)cc1. The van der Waals surface area contributed by atoms with Gasteiger partial charge in [0, 0.05) is 13.1 Å². The van der Waals surface area contributed by atoms with Gasteiger partial charge in [0.05, 0.1) is 6.61 Å². The molecule has 1 aromatic carbocycles. The van der Waals surface area contributed by atoms with E-state index >= 15 is 0 Å². The first-order valence-electron chi connectivity index (χ1n) is 5.10. The van der Waals surface area contributed by atoms with Crippen molar-refractivity contribution in [2.45, 2.75) is 6.10 Å². The molecule has 4 nitrogen and oxygen atoms in total. The minimum atomic E-state index is -0.656. The van der Waals surface area contributed by atoms with Crippen molar-refractivity contribution in [2.24, 2.45) is 0 Å². The molecule has 5 heteroatoms. The molecule has 1 aromatic rings. The Morgan fingerprint density at radius 2 is 2.00 bits per heavy atom. The molecule has 0 aliphatic rings. The van der Waals surface area contributed by atoms with Crippen molar-refractivity contribution in [3.05, 3.63) is 30.1 Å². The average Bonchev–Trinajstić information content (AvgIpc) is 2.29. The maximum Gasteiger partial charge on any atom is 0.123 e. The molecule has 0 amide bonds. The summed E-state index contributed by atoms with van der Waals surface area (Å²) < 4.78 is 17.8. The number of ether oxygens (including phenoxy) is 1. The highest BCUT2D eigenvalue weighted by Gasteiger charge is 2.04. The quantitative estimate of drug-likeness (QED) is 0.582. The van der Waals surface area contributed by atoms with Gasteiger partial charge in [-0.3, -0.25) is 0 Å². The molecule has 16 heavy (non-hydrogen) atoms. The van der Waals surface area contributed by atoms with Gasteiger partial charge in [0.25, 0.3) is 0 Å². The number of benzene rings is 1. The van der Waals surface area contributed by atoms with Crippen LogP contribution in [0, 0.1) is 5.82 Å². The lowest BCUT2D eigenvalue weighted by molar-refractivity contribution is 0.105. The lowest BCUT2D eigenvalue weighted by atomic mass is 10.3. The van der Waals surface area contributed by atoms with Gasteiger partial charge < -0.3 is 20.3 Å². The number of hydrogen-bond donors (Lipinski definition) is 3. The van der Waals surface area contributed by atoms with Gasteiger partial charge in [0.1, 0.15) is 24.3 Å². The second-order valence-electron chi connectivity index (χ2n) is 3.35. The molecule has 0 saturated carbocycles. The molecule has 1 rings (SSSR count). The molecular weight excluding hydrogens is 213 g/mol. The Morgan fingerprint density at radius 1 is 1.31 bits per heavy atom. The molecule has 0 radical (unpaired) electrons. The predicted molar refractivity (Wildman–Crippen MR) is 57.9 cm³/mol. The molecule has 1 unspecified atom stereocenters. The Bertz CT molecular complexity index is 292. The fraction of sp³-hybridized carbons (Fsp3) is 0.455. The zero-order valence-corrected chi connectivity index (χ0v) is 8.90. The molecule has 0 aliphatic heterocycles. The minimum absolute atomic E-state index is 0.0333. The zero-order chi connectivity index (χ0) is 11.8. The van der Waals surface area contributed by atoms with E-state index in [9.17, 15) is 9.50 Å². The summed E-state index contributed by atoms with van der Waals surface area (Å²) in [6, 6.07) is 5.60. The second-order valence-corrected chi connectivity index (χ2v) is 3.35. The first kappa shape index (κ1) is 12.9. The standard InChI is InChI=1S/C11H16FNO3/c12-9-1-3-11(4-2-9)16-8-10(15)7-13-5-6-14/h1-4,10,13-15H,5-8H2. The van der Waals surface area contributed by atoms with Gasteiger partial charge in [-0.1, -0.05) is 0 Å². The van der Waals surface area contributed by atoms with Crippen molar-refractivity contribution in [1.29, 1.82) is 0 Å². The lowest BCUT2D eigenvalue weighted by Crippen LogP contribution is -2.32. The third-order valence-electron chi connectivity index (χ3n) is 1.92. The smallest absolute Gasteiger partial charge is 0.123 e. The van der Waals surface area contributed by atoms with Crippen LogP contribution < -0.4 is 10.1 Å². The van der Waals surface area contributed by atoms with Crippen LogP contribution in [0.4, 0.5) is 4.39 Å². The maximum atomic E-state index is 12.6. The number of aliphatic hydroxyl groups is 2. The molecule has 0 heterocycles. The normalized spacial score (nSPS) is 12.4. The number of aliphatic hydroxyl groups excluding tert-OH is 2. The van der Waals surface area contributed by atoms with Crippen molar-refractivity contribution >= 4 is 0 Å². The van der Waals surface area contributed by atoms with Crippen molar-refractivity contribution in [1.82, 2.24) is 5.32 Å². The average molecular weight is 229 g/mol. The van der Waals surface area contributed by atoms with E-state index in [1.807, 2.05) is 0 Å².